The number of carbonyl (C=O) groups is 4. The van der Waals surface area contributed by atoms with Gasteiger partial charge >= 0.3 is 23.9 Å². The lowest BCUT2D eigenvalue weighted by Gasteiger charge is -2.40. The Labute approximate surface area is 451 Å². The second-order valence-electron chi connectivity index (χ2n) is 18.5. The lowest BCUT2D eigenvalue weighted by atomic mass is 9.98. The molecule has 1 heterocycles. The van der Waals surface area contributed by atoms with E-state index in [9.17, 15) is 34.5 Å². The first kappa shape index (κ1) is 67.9. The Bertz CT molecular complexity index is 1810. The van der Waals surface area contributed by atoms with Crippen LogP contribution in [0.1, 0.15) is 188 Å². The van der Waals surface area contributed by atoms with Crippen LogP contribution in [-0.2, 0) is 42.9 Å². The van der Waals surface area contributed by atoms with Crippen molar-refractivity contribution in [3.63, 3.8) is 0 Å². The summed E-state index contributed by atoms with van der Waals surface area (Å²) >= 11 is 0. The quantitative estimate of drug-likeness (QED) is 0.0228. The number of carboxylic acids is 1. The third kappa shape index (κ3) is 39.9. The molecule has 1 rings (SSSR count). The lowest BCUT2D eigenvalue weighted by molar-refractivity contribution is -0.301. The molecule has 3 N–H and O–H groups in total. The lowest BCUT2D eigenvalue weighted by Crippen LogP contribution is -2.61. The number of aliphatic carboxylic acids is 1. The Balaban J connectivity index is 2.75. The van der Waals surface area contributed by atoms with Crippen LogP contribution in [0.5, 0.6) is 0 Å². The molecule has 0 bridgehead atoms. The highest BCUT2D eigenvalue weighted by molar-refractivity contribution is 5.74. The fraction of sp³-hybridized carbons (Fsp3) is 0.587. The molecule has 0 radical (unpaired) electrons. The molecular formula is C63H96O12. The average molecular weight is 1050 g/mol. The fourth-order valence-electron chi connectivity index (χ4n) is 7.49. The van der Waals surface area contributed by atoms with E-state index in [2.05, 4.69) is 130 Å². The van der Waals surface area contributed by atoms with Crippen LogP contribution in [0.25, 0.3) is 0 Å². The Morgan fingerprint density at radius 3 is 1.32 bits per heavy atom. The summed E-state index contributed by atoms with van der Waals surface area (Å²) < 4.78 is 28.2. The predicted octanol–water partition coefficient (Wildman–Crippen LogP) is 14.2. The zero-order chi connectivity index (χ0) is 54.7. The van der Waals surface area contributed by atoms with Gasteiger partial charge < -0.3 is 39.0 Å². The van der Waals surface area contributed by atoms with Gasteiger partial charge in [0.1, 0.15) is 18.8 Å². The first-order valence-corrected chi connectivity index (χ1v) is 28.2. The summed E-state index contributed by atoms with van der Waals surface area (Å²) in [5.41, 5.74) is 0. The summed E-state index contributed by atoms with van der Waals surface area (Å²) in [5, 5.41) is 31.4. The van der Waals surface area contributed by atoms with Crippen molar-refractivity contribution >= 4 is 23.9 Å². The summed E-state index contributed by atoms with van der Waals surface area (Å²) in [5.74, 6) is -3.33. The average Bonchev–Trinajstić information content (AvgIpc) is 3.39. The van der Waals surface area contributed by atoms with Crippen molar-refractivity contribution in [3.05, 3.63) is 134 Å². The number of carboxylic acid groups (broad SMARTS) is 1. The molecule has 1 aliphatic heterocycles. The third-order valence-corrected chi connectivity index (χ3v) is 11.7. The molecule has 75 heavy (non-hydrogen) atoms. The van der Waals surface area contributed by atoms with E-state index >= 15 is 0 Å². The summed E-state index contributed by atoms with van der Waals surface area (Å²) in [6.07, 6.45) is 57.4. The molecule has 6 unspecified atom stereocenters. The number of hydrogen-bond donors (Lipinski definition) is 3. The Morgan fingerprint density at radius 2 is 0.867 bits per heavy atom. The van der Waals surface area contributed by atoms with Gasteiger partial charge in [0.15, 0.2) is 24.6 Å². The van der Waals surface area contributed by atoms with Crippen LogP contribution in [0.15, 0.2) is 134 Å². The van der Waals surface area contributed by atoms with Gasteiger partial charge in [-0.15, -0.1) is 0 Å². The Kier molecular flexibility index (Phi) is 45.0. The van der Waals surface area contributed by atoms with Crippen molar-refractivity contribution in [1.82, 2.24) is 0 Å². The van der Waals surface area contributed by atoms with E-state index in [-0.39, 0.29) is 25.9 Å². The van der Waals surface area contributed by atoms with E-state index in [1.165, 1.54) is 25.7 Å². The van der Waals surface area contributed by atoms with Gasteiger partial charge in [-0.2, -0.15) is 0 Å². The molecular weight excluding hydrogens is 949 g/mol. The summed E-state index contributed by atoms with van der Waals surface area (Å²) in [6.45, 7) is 5.62. The number of allylic oxidation sites excluding steroid dienone is 22. The smallest absolute Gasteiger partial charge is 0.335 e. The second-order valence-corrected chi connectivity index (χ2v) is 18.5. The Hall–Kier alpha value is -5.14. The molecule has 12 nitrogen and oxygen atoms in total. The molecule has 1 fully saturated rings. The van der Waals surface area contributed by atoms with E-state index < -0.39 is 67.3 Å². The highest BCUT2D eigenvalue weighted by Crippen LogP contribution is 2.26. The van der Waals surface area contributed by atoms with E-state index in [4.69, 9.17) is 23.7 Å². The first-order chi connectivity index (χ1) is 36.6. The monoisotopic (exact) mass is 1040 g/mol. The van der Waals surface area contributed by atoms with E-state index in [1.54, 1.807) is 0 Å². The standard InChI is InChI=1S/C63H96O12/c1-4-7-10-13-16-19-21-23-25-27-28-30-31-33-35-38-40-43-46-49-55(64)71-52-54(73-56(65)50-47-44-41-37-18-15-12-9-6-3)53-72-63-61(59(68)58(67)60(75-63)62(69)70)74-57(66)51-48-45-42-39-36-34-32-29-26-24-22-20-17-14-11-8-5-2/h7-8,10-11,16-17,19-20,23-26,28,30,32-35,39-40,42-43,54,58-61,63,67-68H,4-6,9,12-15,18,21-22,27,29,31,36-38,41,44-53H2,1-3H3,(H,69,70)/b10-7-,11-8-,19-16-,20-17-,25-23-,26-24-,30-28-,34-32-,35-33-,42-39-,43-40-. The number of hydrogen-bond acceptors (Lipinski definition) is 11. The maximum absolute atomic E-state index is 13.1. The van der Waals surface area contributed by atoms with Crippen molar-refractivity contribution in [2.24, 2.45) is 0 Å². The number of aliphatic hydroxyl groups is 2. The van der Waals surface area contributed by atoms with Gasteiger partial charge in [-0.3, -0.25) is 14.4 Å². The minimum atomic E-state index is -1.94. The fourth-order valence-corrected chi connectivity index (χ4v) is 7.49. The highest BCUT2D eigenvalue weighted by atomic mass is 16.7. The Morgan fingerprint density at radius 1 is 0.453 bits per heavy atom. The van der Waals surface area contributed by atoms with Gasteiger partial charge in [0.25, 0.3) is 0 Å². The molecule has 420 valence electrons. The van der Waals surface area contributed by atoms with Crippen LogP contribution in [0.2, 0.25) is 0 Å². The van der Waals surface area contributed by atoms with Crippen molar-refractivity contribution < 1.29 is 58.2 Å². The number of ether oxygens (including phenoxy) is 5. The molecule has 0 aliphatic carbocycles. The molecule has 0 spiro atoms. The summed E-state index contributed by atoms with van der Waals surface area (Å²) in [6, 6.07) is 0. The van der Waals surface area contributed by atoms with Crippen molar-refractivity contribution in [2.75, 3.05) is 13.2 Å². The number of unbranched alkanes of at least 4 members (excludes halogenated alkanes) is 9. The molecule has 12 heteroatoms. The van der Waals surface area contributed by atoms with Gasteiger partial charge in [-0.25, -0.2) is 4.79 Å². The SMILES string of the molecule is CC/C=C\C/C=C\C/C=C\C/C=C\C/C=C\C/C=C\CCC(=O)OCC(COC1OC(C(=O)O)C(O)C(O)C1OC(=O)CCC/C=C\C/C=C\C/C=C\C/C=C\C/C=C\CC)OC(=O)CCCCCCCCCCC. The third-order valence-electron chi connectivity index (χ3n) is 11.7. The van der Waals surface area contributed by atoms with Crippen molar-refractivity contribution in [3.8, 4) is 0 Å². The van der Waals surface area contributed by atoms with E-state index in [0.29, 0.717) is 25.7 Å². The predicted molar refractivity (Wildman–Crippen MR) is 303 cm³/mol. The summed E-state index contributed by atoms with van der Waals surface area (Å²) in [4.78, 5) is 50.9. The van der Waals surface area contributed by atoms with Gasteiger partial charge in [0.2, 0.25) is 0 Å². The van der Waals surface area contributed by atoms with E-state index in [1.807, 2.05) is 24.3 Å². The first-order valence-electron chi connectivity index (χ1n) is 28.2. The van der Waals surface area contributed by atoms with Crippen LogP contribution in [0.4, 0.5) is 0 Å². The topological polar surface area (TPSA) is 175 Å². The molecule has 0 aromatic heterocycles. The highest BCUT2D eigenvalue weighted by Gasteiger charge is 2.50. The minimum absolute atomic E-state index is 0.0314. The molecule has 1 saturated heterocycles. The number of aliphatic hydroxyl groups excluding tert-OH is 2. The molecule has 0 amide bonds. The number of esters is 3. The maximum Gasteiger partial charge on any atom is 0.335 e. The maximum atomic E-state index is 13.1. The van der Waals surface area contributed by atoms with Crippen LogP contribution in [0, 0.1) is 0 Å². The van der Waals surface area contributed by atoms with Crippen LogP contribution in [0.3, 0.4) is 0 Å². The zero-order valence-corrected chi connectivity index (χ0v) is 46.0. The molecule has 6 atom stereocenters. The number of rotatable bonds is 45. The van der Waals surface area contributed by atoms with Gasteiger partial charge in [0.05, 0.1) is 6.61 Å². The van der Waals surface area contributed by atoms with Crippen LogP contribution < -0.4 is 0 Å². The molecule has 1 aliphatic rings. The minimum Gasteiger partial charge on any atom is -0.479 e. The molecule has 0 aromatic carbocycles. The summed E-state index contributed by atoms with van der Waals surface area (Å²) in [7, 11) is 0. The van der Waals surface area contributed by atoms with Crippen LogP contribution >= 0.6 is 0 Å². The molecule has 0 saturated carbocycles. The van der Waals surface area contributed by atoms with Gasteiger partial charge in [-0.05, 0) is 96.3 Å². The van der Waals surface area contributed by atoms with E-state index in [0.717, 1.165) is 96.3 Å². The van der Waals surface area contributed by atoms with Gasteiger partial charge in [0, 0.05) is 19.3 Å². The zero-order valence-electron chi connectivity index (χ0n) is 46.0. The van der Waals surface area contributed by atoms with Crippen molar-refractivity contribution in [1.29, 1.82) is 0 Å². The largest absolute Gasteiger partial charge is 0.479 e. The van der Waals surface area contributed by atoms with Gasteiger partial charge in [-0.1, -0.05) is 206 Å². The normalized spacial score (nSPS) is 19.2. The number of carbonyl (C=O) groups excluding carboxylic acids is 3. The second kappa shape index (κ2) is 49.7. The molecule has 0 aromatic rings. The van der Waals surface area contributed by atoms with Crippen LogP contribution in [-0.4, -0.2) is 89.2 Å². The van der Waals surface area contributed by atoms with Crippen molar-refractivity contribution in [2.45, 2.75) is 225 Å².